The van der Waals surface area contributed by atoms with Crippen LogP contribution in [0.25, 0.3) is 0 Å². The predicted molar refractivity (Wildman–Crippen MR) is 63.6 cm³/mol. The molecule has 0 heterocycles. The molecule has 0 radical (unpaired) electrons. The largest absolute Gasteiger partial charge is 0.497 e. The topological polar surface area (TPSA) is 63.6 Å². The monoisotopic (exact) mass is 254 g/mol. The molecule has 1 aromatic rings. The number of aliphatic carboxylic acids is 1. The molecule has 0 aliphatic heterocycles. The average Bonchev–Trinajstić information content (AvgIpc) is 3.13. The minimum Gasteiger partial charge on any atom is -0.497 e. The Morgan fingerprint density at radius 3 is 2.41 bits per heavy atom. The van der Waals surface area contributed by atoms with E-state index in [1.54, 1.807) is 31.4 Å². The maximum absolute atomic E-state index is 12.2. The number of ether oxygens (including phenoxy) is 1. The van der Waals surface area contributed by atoms with Gasteiger partial charge >= 0.3 is 5.97 Å². The zero-order chi connectivity index (χ0) is 12.4. The third-order valence-electron chi connectivity index (χ3n) is 2.82. The lowest BCUT2D eigenvalue weighted by atomic mass is 10.3. The van der Waals surface area contributed by atoms with Gasteiger partial charge in [0.25, 0.3) is 0 Å². The van der Waals surface area contributed by atoms with E-state index in [4.69, 9.17) is 9.84 Å². The molecule has 2 rings (SSSR count). The summed E-state index contributed by atoms with van der Waals surface area (Å²) in [6, 6.07) is 6.71. The number of carboxylic acids is 1. The number of carbonyl (C=O) groups is 1. The normalized spacial score (nSPS) is 18.4. The molecule has 1 N–H and O–H groups in total. The summed E-state index contributed by atoms with van der Waals surface area (Å²) in [6.45, 7) is 0. The van der Waals surface area contributed by atoms with E-state index in [0.29, 0.717) is 10.6 Å². The molecule has 17 heavy (non-hydrogen) atoms. The van der Waals surface area contributed by atoms with Crippen molar-refractivity contribution in [3.8, 4) is 5.75 Å². The molecule has 2 unspecified atom stereocenters. The number of carboxylic acid groups (broad SMARTS) is 1. The molecule has 1 aliphatic carbocycles. The fourth-order valence-electron chi connectivity index (χ4n) is 1.72. The summed E-state index contributed by atoms with van der Waals surface area (Å²) in [5, 5.41) is 8.32. The molecule has 1 aromatic carbocycles. The molecule has 0 amide bonds. The van der Waals surface area contributed by atoms with Gasteiger partial charge < -0.3 is 9.84 Å². The number of hydrogen-bond acceptors (Lipinski definition) is 3. The zero-order valence-corrected chi connectivity index (χ0v) is 10.3. The highest BCUT2D eigenvalue weighted by molar-refractivity contribution is 7.86. The molecule has 1 aliphatic rings. The van der Waals surface area contributed by atoms with Gasteiger partial charge in [0.2, 0.25) is 0 Å². The number of rotatable bonds is 5. The van der Waals surface area contributed by atoms with Crippen LogP contribution in [0.2, 0.25) is 0 Å². The van der Waals surface area contributed by atoms with Gasteiger partial charge in [-0.3, -0.25) is 9.00 Å². The second-order valence-corrected chi connectivity index (χ2v) is 5.64. The Labute approximate surface area is 102 Å². The highest BCUT2D eigenvalue weighted by Gasteiger charge is 2.40. The molecule has 0 aromatic heterocycles. The molecule has 5 heteroatoms. The summed E-state index contributed by atoms with van der Waals surface area (Å²) in [4.78, 5) is 11.6. The number of benzene rings is 1. The smallest absolute Gasteiger partial charge is 0.319 e. The van der Waals surface area contributed by atoms with E-state index in [0.717, 1.165) is 12.8 Å². The Bertz CT molecular complexity index is 436. The van der Waals surface area contributed by atoms with E-state index < -0.39 is 22.0 Å². The standard InChI is InChI=1S/C12H14O4S/c1-16-9-4-6-10(7-5-9)17(15)11(12(13)14)8-2-3-8/h4-8,11H,2-3H2,1H3,(H,13,14). The van der Waals surface area contributed by atoms with Crippen molar-refractivity contribution >= 4 is 16.8 Å². The van der Waals surface area contributed by atoms with Crippen LogP contribution in [0.15, 0.2) is 29.2 Å². The maximum atomic E-state index is 12.2. The van der Waals surface area contributed by atoms with Crippen LogP contribution in [-0.2, 0) is 15.6 Å². The van der Waals surface area contributed by atoms with Gasteiger partial charge in [-0.1, -0.05) is 0 Å². The van der Waals surface area contributed by atoms with Crippen molar-refractivity contribution in [3.05, 3.63) is 24.3 Å². The second-order valence-electron chi connectivity index (χ2n) is 4.07. The summed E-state index contributed by atoms with van der Waals surface area (Å²) >= 11 is 0. The van der Waals surface area contributed by atoms with Crippen LogP contribution in [0, 0.1) is 5.92 Å². The third-order valence-corrected chi connectivity index (χ3v) is 4.60. The van der Waals surface area contributed by atoms with Gasteiger partial charge in [-0.2, -0.15) is 0 Å². The molecule has 0 spiro atoms. The maximum Gasteiger partial charge on any atom is 0.319 e. The first-order valence-corrected chi connectivity index (χ1v) is 6.62. The van der Waals surface area contributed by atoms with E-state index in [1.807, 2.05) is 0 Å². The van der Waals surface area contributed by atoms with Crippen molar-refractivity contribution in [3.63, 3.8) is 0 Å². The zero-order valence-electron chi connectivity index (χ0n) is 9.46. The van der Waals surface area contributed by atoms with E-state index in [1.165, 1.54) is 0 Å². The first-order chi connectivity index (χ1) is 8.13. The van der Waals surface area contributed by atoms with Crippen LogP contribution < -0.4 is 4.74 Å². The lowest BCUT2D eigenvalue weighted by molar-refractivity contribution is -0.136. The highest BCUT2D eigenvalue weighted by Crippen LogP contribution is 2.37. The van der Waals surface area contributed by atoms with Gasteiger partial charge in [0, 0.05) is 4.90 Å². The number of hydrogen-bond donors (Lipinski definition) is 1. The summed E-state index contributed by atoms with van der Waals surface area (Å²) in [6.07, 6.45) is 1.72. The minimum atomic E-state index is -1.48. The second kappa shape index (κ2) is 4.87. The molecule has 1 saturated carbocycles. The molecule has 2 atom stereocenters. The summed E-state index contributed by atoms with van der Waals surface area (Å²) in [5.74, 6) is -0.235. The van der Waals surface area contributed by atoms with Crippen molar-refractivity contribution < 1.29 is 18.8 Å². The Kier molecular flexibility index (Phi) is 3.47. The first kappa shape index (κ1) is 12.1. The molecule has 4 nitrogen and oxygen atoms in total. The van der Waals surface area contributed by atoms with Gasteiger partial charge in [0.15, 0.2) is 0 Å². The molecule has 92 valence electrons. The number of methoxy groups -OCH3 is 1. The van der Waals surface area contributed by atoms with Crippen LogP contribution in [-0.4, -0.2) is 27.6 Å². The Balaban J connectivity index is 2.19. The van der Waals surface area contributed by atoms with Crippen molar-refractivity contribution in [2.75, 3.05) is 7.11 Å². The molecule has 0 saturated heterocycles. The fraction of sp³-hybridized carbons (Fsp3) is 0.417. The highest BCUT2D eigenvalue weighted by atomic mass is 32.2. The van der Waals surface area contributed by atoms with E-state index in [9.17, 15) is 9.00 Å². The Hall–Kier alpha value is -1.36. The van der Waals surface area contributed by atoms with Crippen molar-refractivity contribution in [1.29, 1.82) is 0 Å². The summed E-state index contributed by atoms with van der Waals surface area (Å²) < 4.78 is 17.2. The molecule has 1 fully saturated rings. The van der Waals surface area contributed by atoms with Crippen LogP contribution >= 0.6 is 0 Å². The Morgan fingerprint density at radius 1 is 1.41 bits per heavy atom. The SMILES string of the molecule is COc1ccc(S(=O)C(C(=O)O)C2CC2)cc1. The first-order valence-electron chi connectivity index (χ1n) is 5.41. The van der Waals surface area contributed by atoms with Crippen LogP contribution in [0.3, 0.4) is 0 Å². The summed E-state index contributed by atoms with van der Waals surface area (Å²) in [5.41, 5.74) is 0. The average molecular weight is 254 g/mol. The van der Waals surface area contributed by atoms with Crippen molar-refractivity contribution in [1.82, 2.24) is 0 Å². The van der Waals surface area contributed by atoms with Crippen LogP contribution in [0.5, 0.6) is 5.75 Å². The van der Waals surface area contributed by atoms with Gasteiger partial charge in [-0.15, -0.1) is 0 Å². The van der Waals surface area contributed by atoms with Gasteiger partial charge in [-0.25, -0.2) is 0 Å². The molecule has 0 bridgehead atoms. The lowest BCUT2D eigenvalue weighted by Gasteiger charge is -2.11. The van der Waals surface area contributed by atoms with E-state index >= 15 is 0 Å². The van der Waals surface area contributed by atoms with Gasteiger partial charge in [-0.05, 0) is 43.0 Å². The molecular weight excluding hydrogens is 240 g/mol. The van der Waals surface area contributed by atoms with E-state index in [-0.39, 0.29) is 5.92 Å². The van der Waals surface area contributed by atoms with Crippen molar-refractivity contribution in [2.24, 2.45) is 5.92 Å². The minimum absolute atomic E-state index is 0.0652. The predicted octanol–water partition coefficient (Wildman–Crippen LogP) is 1.67. The van der Waals surface area contributed by atoms with Crippen LogP contribution in [0.4, 0.5) is 0 Å². The van der Waals surface area contributed by atoms with Gasteiger partial charge in [0.05, 0.1) is 17.9 Å². The Morgan fingerprint density at radius 2 is 2.00 bits per heavy atom. The van der Waals surface area contributed by atoms with E-state index in [2.05, 4.69) is 0 Å². The quantitative estimate of drug-likeness (QED) is 0.868. The van der Waals surface area contributed by atoms with Crippen LogP contribution in [0.1, 0.15) is 12.8 Å². The lowest BCUT2D eigenvalue weighted by Crippen LogP contribution is -2.27. The van der Waals surface area contributed by atoms with Gasteiger partial charge in [0.1, 0.15) is 11.0 Å². The molecular formula is C12H14O4S. The van der Waals surface area contributed by atoms with Crippen molar-refractivity contribution in [2.45, 2.75) is 23.0 Å². The summed E-state index contributed by atoms with van der Waals surface area (Å²) in [7, 11) is 0.0675. The fourth-order valence-corrected chi connectivity index (χ4v) is 3.23. The third kappa shape index (κ3) is 2.66.